The number of carbonyl (C=O) groups excluding carboxylic acids is 1. The van der Waals surface area contributed by atoms with Crippen molar-refractivity contribution in [1.82, 2.24) is 4.90 Å². The summed E-state index contributed by atoms with van der Waals surface area (Å²) in [5.41, 5.74) is 1.86. The van der Waals surface area contributed by atoms with E-state index in [4.69, 9.17) is 0 Å². The Balaban J connectivity index is 2.33. The summed E-state index contributed by atoms with van der Waals surface area (Å²) in [6, 6.07) is 6.25. The Morgan fingerprint density at radius 3 is 2.81 bits per heavy atom. The molecule has 0 unspecified atom stereocenters. The van der Waals surface area contributed by atoms with E-state index < -0.39 is 0 Å². The summed E-state index contributed by atoms with van der Waals surface area (Å²) >= 11 is 3.47. The number of nitrogens with zero attached hydrogens (tertiary/aromatic N) is 1. The van der Waals surface area contributed by atoms with Crippen LogP contribution in [0.25, 0.3) is 0 Å². The van der Waals surface area contributed by atoms with Crippen LogP contribution in [0, 0.1) is 6.92 Å². The summed E-state index contributed by atoms with van der Waals surface area (Å²) in [5, 5.41) is 0. The first-order chi connectivity index (χ1) is 7.61. The number of halogens is 1. The van der Waals surface area contributed by atoms with Gasteiger partial charge < -0.3 is 4.90 Å². The zero-order valence-corrected chi connectivity index (χ0v) is 11.3. The Morgan fingerprint density at radius 2 is 2.25 bits per heavy atom. The highest BCUT2D eigenvalue weighted by molar-refractivity contribution is 9.10. The quantitative estimate of drug-likeness (QED) is 0.773. The molecule has 1 aliphatic heterocycles. The van der Waals surface area contributed by atoms with Gasteiger partial charge in [-0.05, 0) is 54.2 Å². The molecule has 1 atom stereocenters. The monoisotopic (exact) mass is 281 g/mol. The third-order valence-corrected chi connectivity index (χ3v) is 3.91. The number of rotatable bonds is 1. The second kappa shape index (κ2) is 4.58. The largest absolute Gasteiger partial charge is 0.336 e. The van der Waals surface area contributed by atoms with Gasteiger partial charge in [-0.3, -0.25) is 4.79 Å². The van der Waals surface area contributed by atoms with Crippen LogP contribution in [0.2, 0.25) is 0 Å². The summed E-state index contributed by atoms with van der Waals surface area (Å²) in [6.45, 7) is 5.00. The Morgan fingerprint density at radius 1 is 1.50 bits per heavy atom. The summed E-state index contributed by atoms with van der Waals surface area (Å²) in [6.07, 6.45) is 2.24. The predicted molar refractivity (Wildman–Crippen MR) is 68.6 cm³/mol. The van der Waals surface area contributed by atoms with Crippen molar-refractivity contribution in [2.24, 2.45) is 0 Å². The third-order valence-electron chi connectivity index (χ3n) is 3.25. The molecule has 0 aliphatic carbocycles. The maximum atomic E-state index is 12.4. The molecule has 2 rings (SSSR count). The van der Waals surface area contributed by atoms with Crippen molar-refractivity contribution in [3.05, 3.63) is 33.8 Å². The molecule has 1 aliphatic rings. The molecule has 1 heterocycles. The lowest BCUT2D eigenvalue weighted by molar-refractivity contribution is 0.0746. The van der Waals surface area contributed by atoms with Crippen molar-refractivity contribution in [1.29, 1.82) is 0 Å². The standard InChI is InChI=1S/C13H16BrNO/c1-9-5-3-7-11(14)12(9)13(16)15-8-4-6-10(15)2/h3,5,7,10H,4,6,8H2,1-2H3/t10-/m0/s1. The molecular formula is C13H16BrNO. The molecule has 3 heteroatoms. The first-order valence-electron chi connectivity index (χ1n) is 5.67. The van der Waals surface area contributed by atoms with E-state index in [1.807, 2.05) is 30.0 Å². The van der Waals surface area contributed by atoms with E-state index in [1.54, 1.807) is 0 Å². The van der Waals surface area contributed by atoms with Crippen LogP contribution < -0.4 is 0 Å². The molecule has 0 bridgehead atoms. The summed E-state index contributed by atoms with van der Waals surface area (Å²) in [5.74, 6) is 0.162. The topological polar surface area (TPSA) is 20.3 Å². The second-order valence-electron chi connectivity index (χ2n) is 4.42. The molecule has 1 fully saturated rings. The fourth-order valence-electron chi connectivity index (χ4n) is 2.28. The van der Waals surface area contributed by atoms with Gasteiger partial charge >= 0.3 is 0 Å². The van der Waals surface area contributed by atoms with E-state index in [-0.39, 0.29) is 5.91 Å². The molecule has 1 aromatic rings. The molecular weight excluding hydrogens is 266 g/mol. The minimum atomic E-state index is 0.162. The minimum Gasteiger partial charge on any atom is -0.336 e. The van der Waals surface area contributed by atoms with Gasteiger partial charge in [-0.15, -0.1) is 0 Å². The fraction of sp³-hybridized carbons (Fsp3) is 0.462. The van der Waals surface area contributed by atoms with E-state index in [2.05, 4.69) is 22.9 Å². The first kappa shape index (κ1) is 11.6. The molecule has 1 saturated heterocycles. The van der Waals surface area contributed by atoms with E-state index >= 15 is 0 Å². The lowest BCUT2D eigenvalue weighted by atomic mass is 10.1. The molecule has 1 amide bonds. The highest BCUT2D eigenvalue weighted by atomic mass is 79.9. The maximum Gasteiger partial charge on any atom is 0.255 e. The van der Waals surface area contributed by atoms with Gasteiger partial charge in [0.2, 0.25) is 0 Å². The number of hydrogen-bond acceptors (Lipinski definition) is 1. The molecule has 1 aromatic carbocycles. The SMILES string of the molecule is Cc1cccc(Br)c1C(=O)N1CCC[C@@H]1C. The van der Waals surface area contributed by atoms with Crippen molar-refractivity contribution < 1.29 is 4.79 Å². The molecule has 0 spiro atoms. The summed E-state index contributed by atoms with van der Waals surface area (Å²) in [4.78, 5) is 14.4. The average molecular weight is 282 g/mol. The first-order valence-corrected chi connectivity index (χ1v) is 6.46. The molecule has 86 valence electrons. The Bertz CT molecular complexity index is 396. The molecule has 0 N–H and O–H groups in total. The van der Waals surface area contributed by atoms with Crippen LogP contribution in [0.4, 0.5) is 0 Å². The molecule has 0 radical (unpaired) electrons. The van der Waals surface area contributed by atoms with Crippen LogP contribution in [-0.4, -0.2) is 23.4 Å². The minimum absolute atomic E-state index is 0.162. The van der Waals surface area contributed by atoms with Crippen molar-refractivity contribution in [2.75, 3.05) is 6.54 Å². The summed E-state index contributed by atoms with van der Waals surface area (Å²) in [7, 11) is 0. The average Bonchev–Trinajstić information content (AvgIpc) is 2.64. The number of likely N-dealkylation sites (tertiary alicyclic amines) is 1. The van der Waals surface area contributed by atoms with Gasteiger partial charge in [0.1, 0.15) is 0 Å². The smallest absolute Gasteiger partial charge is 0.255 e. The number of carbonyl (C=O) groups is 1. The van der Waals surface area contributed by atoms with E-state index in [1.165, 1.54) is 0 Å². The van der Waals surface area contributed by atoms with Gasteiger partial charge in [-0.25, -0.2) is 0 Å². The maximum absolute atomic E-state index is 12.4. The highest BCUT2D eigenvalue weighted by Crippen LogP contribution is 2.25. The van der Waals surface area contributed by atoms with Crippen LogP contribution in [0.3, 0.4) is 0 Å². The van der Waals surface area contributed by atoms with Crippen LogP contribution in [0.5, 0.6) is 0 Å². The number of benzene rings is 1. The number of aryl methyl sites for hydroxylation is 1. The van der Waals surface area contributed by atoms with Gasteiger partial charge in [0.05, 0.1) is 5.56 Å². The second-order valence-corrected chi connectivity index (χ2v) is 5.28. The lowest BCUT2D eigenvalue weighted by Crippen LogP contribution is -2.34. The Kier molecular flexibility index (Phi) is 3.33. The van der Waals surface area contributed by atoms with Crippen LogP contribution in [0.1, 0.15) is 35.7 Å². The van der Waals surface area contributed by atoms with E-state index in [0.29, 0.717) is 6.04 Å². The third kappa shape index (κ3) is 2.01. The van der Waals surface area contributed by atoms with E-state index in [0.717, 1.165) is 35.0 Å². The number of hydrogen-bond donors (Lipinski definition) is 0. The molecule has 0 aromatic heterocycles. The van der Waals surface area contributed by atoms with Crippen LogP contribution >= 0.6 is 15.9 Å². The van der Waals surface area contributed by atoms with Crippen LogP contribution in [0.15, 0.2) is 22.7 Å². The van der Waals surface area contributed by atoms with Crippen molar-refractivity contribution in [2.45, 2.75) is 32.7 Å². The van der Waals surface area contributed by atoms with E-state index in [9.17, 15) is 4.79 Å². The normalized spacial score (nSPS) is 20.2. The molecule has 0 saturated carbocycles. The van der Waals surface area contributed by atoms with Gasteiger partial charge in [-0.1, -0.05) is 12.1 Å². The van der Waals surface area contributed by atoms with Crippen molar-refractivity contribution in [3.63, 3.8) is 0 Å². The number of amides is 1. The van der Waals surface area contributed by atoms with Gasteiger partial charge in [-0.2, -0.15) is 0 Å². The van der Waals surface area contributed by atoms with Gasteiger partial charge in [0.15, 0.2) is 0 Å². The molecule has 2 nitrogen and oxygen atoms in total. The van der Waals surface area contributed by atoms with Gasteiger partial charge in [0.25, 0.3) is 5.91 Å². The molecule has 16 heavy (non-hydrogen) atoms. The van der Waals surface area contributed by atoms with Crippen molar-refractivity contribution in [3.8, 4) is 0 Å². The Labute approximate surface area is 105 Å². The fourth-order valence-corrected chi connectivity index (χ4v) is 2.92. The zero-order chi connectivity index (χ0) is 11.7. The zero-order valence-electron chi connectivity index (χ0n) is 9.66. The lowest BCUT2D eigenvalue weighted by Gasteiger charge is -2.23. The van der Waals surface area contributed by atoms with Crippen molar-refractivity contribution >= 4 is 21.8 Å². The predicted octanol–water partition coefficient (Wildman–Crippen LogP) is 3.38. The van der Waals surface area contributed by atoms with Crippen LogP contribution in [-0.2, 0) is 0 Å². The Hall–Kier alpha value is -0.830. The summed E-state index contributed by atoms with van der Waals surface area (Å²) < 4.78 is 0.900. The van der Waals surface area contributed by atoms with Gasteiger partial charge in [0, 0.05) is 17.1 Å². The highest BCUT2D eigenvalue weighted by Gasteiger charge is 2.27.